The van der Waals surface area contributed by atoms with Crippen molar-refractivity contribution in [2.45, 2.75) is 0 Å². The normalized spacial score (nSPS) is 10.1. The molecule has 29 heavy (non-hydrogen) atoms. The SMILES string of the molecule is O=C(NC(=S)Nc1ccc(Cl)cc1)c1ccccc1OCCOc1ccccc1. The summed E-state index contributed by atoms with van der Waals surface area (Å²) in [7, 11) is 0. The van der Waals surface area contributed by atoms with Crippen molar-refractivity contribution in [2.75, 3.05) is 18.5 Å². The zero-order valence-electron chi connectivity index (χ0n) is 15.4. The van der Waals surface area contributed by atoms with Crippen molar-refractivity contribution in [1.29, 1.82) is 0 Å². The van der Waals surface area contributed by atoms with Crippen LogP contribution in [0.2, 0.25) is 5.02 Å². The van der Waals surface area contributed by atoms with Gasteiger partial charge in [-0.1, -0.05) is 41.9 Å². The van der Waals surface area contributed by atoms with Gasteiger partial charge in [-0.25, -0.2) is 0 Å². The molecule has 2 N–H and O–H groups in total. The molecule has 0 fully saturated rings. The van der Waals surface area contributed by atoms with E-state index in [1.54, 1.807) is 48.5 Å². The first-order valence-electron chi connectivity index (χ1n) is 8.89. The summed E-state index contributed by atoms with van der Waals surface area (Å²) in [4.78, 5) is 12.6. The largest absolute Gasteiger partial charge is 0.490 e. The molecular weight excluding hydrogens is 408 g/mol. The molecule has 0 radical (unpaired) electrons. The number of hydrogen-bond donors (Lipinski definition) is 2. The molecular formula is C22H19ClN2O3S. The van der Waals surface area contributed by atoms with E-state index in [1.165, 1.54) is 0 Å². The van der Waals surface area contributed by atoms with E-state index < -0.39 is 0 Å². The summed E-state index contributed by atoms with van der Waals surface area (Å²) in [5.41, 5.74) is 1.11. The summed E-state index contributed by atoms with van der Waals surface area (Å²) in [6, 6.07) is 23.4. The van der Waals surface area contributed by atoms with Crippen LogP contribution in [-0.2, 0) is 0 Å². The van der Waals surface area contributed by atoms with Gasteiger partial charge in [-0.3, -0.25) is 10.1 Å². The number of nitrogens with one attached hydrogen (secondary N) is 2. The van der Waals surface area contributed by atoms with Crippen molar-refractivity contribution in [3.05, 3.63) is 89.4 Å². The van der Waals surface area contributed by atoms with Crippen LogP contribution in [0.4, 0.5) is 5.69 Å². The highest BCUT2D eigenvalue weighted by Gasteiger charge is 2.13. The van der Waals surface area contributed by atoms with Gasteiger partial charge in [0.05, 0.1) is 5.56 Å². The standard InChI is InChI=1S/C22H19ClN2O3S/c23-16-10-12-17(13-11-16)24-22(29)25-21(26)19-8-4-5-9-20(19)28-15-14-27-18-6-2-1-3-7-18/h1-13H,14-15H2,(H2,24,25,26,29). The fourth-order valence-electron chi connectivity index (χ4n) is 2.47. The number of carbonyl (C=O) groups excluding carboxylic acids is 1. The van der Waals surface area contributed by atoms with Gasteiger partial charge in [0.1, 0.15) is 24.7 Å². The molecule has 0 aromatic heterocycles. The third kappa shape index (κ3) is 6.48. The molecule has 148 valence electrons. The van der Waals surface area contributed by atoms with Crippen molar-refractivity contribution in [2.24, 2.45) is 0 Å². The fourth-order valence-corrected chi connectivity index (χ4v) is 2.81. The maximum Gasteiger partial charge on any atom is 0.261 e. The van der Waals surface area contributed by atoms with E-state index in [9.17, 15) is 4.79 Å². The van der Waals surface area contributed by atoms with Crippen molar-refractivity contribution in [1.82, 2.24) is 5.32 Å². The minimum atomic E-state index is -0.365. The maximum absolute atomic E-state index is 12.6. The van der Waals surface area contributed by atoms with Crippen molar-refractivity contribution in [3.63, 3.8) is 0 Å². The summed E-state index contributed by atoms with van der Waals surface area (Å²) in [5, 5.41) is 6.39. The molecule has 0 heterocycles. The first kappa shape index (κ1) is 20.6. The zero-order chi connectivity index (χ0) is 20.5. The summed E-state index contributed by atoms with van der Waals surface area (Å²) >= 11 is 11.1. The van der Waals surface area contributed by atoms with Gasteiger partial charge in [-0.2, -0.15) is 0 Å². The van der Waals surface area contributed by atoms with Gasteiger partial charge in [-0.15, -0.1) is 0 Å². The molecule has 0 aliphatic carbocycles. The smallest absolute Gasteiger partial charge is 0.261 e. The molecule has 5 nitrogen and oxygen atoms in total. The lowest BCUT2D eigenvalue weighted by Gasteiger charge is -2.13. The molecule has 0 unspecified atom stereocenters. The Hall–Kier alpha value is -3.09. The highest BCUT2D eigenvalue weighted by atomic mass is 35.5. The molecule has 3 aromatic carbocycles. The summed E-state index contributed by atoms with van der Waals surface area (Å²) in [5.74, 6) is 0.854. The highest BCUT2D eigenvalue weighted by Crippen LogP contribution is 2.18. The average Bonchev–Trinajstić information content (AvgIpc) is 2.74. The monoisotopic (exact) mass is 426 g/mol. The average molecular weight is 427 g/mol. The number of anilines is 1. The van der Waals surface area contributed by atoms with Gasteiger partial charge in [0.25, 0.3) is 5.91 Å². The van der Waals surface area contributed by atoms with Crippen LogP contribution >= 0.6 is 23.8 Å². The second kappa shape index (κ2) is 10.5. The molecule has 1 amide bonds. The molecule has 0 saturated heterocycles. The summed E-state index contributed by atoms with van der Waals surface area (Å²) in [6.07, 6.45) is 0. The van der Waals surface area contributed by atoms with E-state index in [2.05, 4.69) is 10.6 Å². The predicted octanol–water partition coefficient (Wildman–Crippen LogP) is 4.92. The minimum Gasteiger partial charge on any atom is -0.490 e. The van der Waals surface area contributed by atoms with Crippen molar-refractivity contribution >= 4 is 40.5 Å². The quantitative estimate of drug-likeness (QED) is 0.414. The van der Waals surface area contributed by atoms with Gasteiger partial charge < -0.3 is 14.8 Å². The third-order valence-corrected chi connectivity index (χ3v) is 4.27. The molecule has 7 heteroatoms. The van der Waals surface area contributed by atoms with E-state index in [-0.39, 0.29) is 11.0 Å². The van der Waals surface area contributed by atoms with Crippen LogP contribution in [0.1, 0.15) is 10.4 Å². The molecule has 3 aromatic rings. The molecule has 0 aliphatic rings. The summed E-state index contributed by atoms with van der Waals surface area (Å²) < 4.78 is 11.3. The van der Waals surface area contributed by atoms with Crippen molar-refractivity contribution < 1.29 is 14.3 Å². The van der Waals surface area contributed by atoms with E-state index in [0.717, 1.165) is 11.4 Å². The predicted molar refractivity (Wildman–Crippen MR) is 119 cm³/mol. The topological polar surface area (TPSA) is 59.6 Å². The molecule has 0 aliphatic heterocycles. The Morgan fingerprint density at radius 3 is 2.28 bits per heavy atom. The van der Waals surface area contributed by atoms with Gasteiger partial charge >= 0.3 is 0 Å². The summed E-state index contributed by atoms with van der Waals surface area (Å²) in [6.45, 7) is 0.656. The van der Waals surface area contributed by atoms with Crippen LogP contribution in [0.5, 0.6) is 11.5 Å². The molecule has 0 bridgehead atoms. The van der Waals surface area contributed by atoms with Crippen LogP contribution < -0.4 is 20.1 Å². The van der Waals surface area contributed by atoms with Gasteiger partial charge in [-0.05, 0) is 60.7 Å². The Bertz CT molecular complexity index is 965. The minimum absolute atomic E-state index is 0.180. The second-order valence-electron chi connectivity index (χ2n) is 5.92. The van der Waals surface area contributed by atoms with Gasteiger partial charge in [0.2, 0.25) is 0 Å². The molecule has 0 spiro atoms. The van der Waals surface area contributed by atoms with Crippen LogP contribution in [-0.4, -0.2) is 24.2 Å². The Kier molecular flexibility index (Phi) is 7.44. The first-order valence-corrected chi connectivity index (χ1v) is 9.68. The maximum atomic E-state index is 12.6. The number of hydrogen-bond acceptors (Lipinski definition) is 4. The number of amides is 1. The number of benzene rings is 3. The lowest BCUT2D eigenvalue weighted by atomic mass is 10.2. The fraction of sp³-hybridized carbons (Fsp3) is 0.0909. The second-order valence-corrected chi connectivity index (χ2v) is 6.77. The Labute approximate surface area is 179 Å². The van der Waals surface area contributed by atoms with E-state index in [1.807, 2.05) is 30.3 Å². The highest BCUT2D eigenvalue weighted by molar-refractivity contribution is 7.80. The molecule has 3 rings (SSSR count). The number of rotatable bonds is 7. The van der Waals surface area contributed by atoms with Gasteiger partial charge in [0, 0.05) is 10.7 Å². The number of carbonyl (C=O) groups is 1. The van der Waals surface area contributed by atoms with Gasteiger partial charge in [0.15, 0.2) is 5.11 Å². The number of halogens is 1. The number of thiocarbonyl (C=S) groups is 1. The Morgan fingerprint density at radius 2 is 1.52 bits per heavy atom. The number of ether oxygens (including phenoxy) is 2. The zero-order valence-corrected chi connectivity index (χ0v) is 17.0. The number of para-hydroxylation sites is 2. The molecule has 0 saturated carbocycles. The lowest BCUT2D eigenvalue weighted by molar-refractivity contribution is 0.0972. The first-order chi connectivity index (χ1) is 14.1. The van der Waals surface area contributed by atoms with Crippen LogP contribution in [0, 0.1) is 0 Å². The van der Waals surface area contributed by atoms with E-state index in [0.29, 0.717) is 29.5 Å². The third-order valence-electron chi connectivity index (χ3n) is 3.81. The van der Waals surface area contributed by atoms with Crippen molar-refractivity contribution in [3.8, 4) is 11.5 Å². The Balaban J connectivity index is 1.53. The van der Waals surface area contributed by atoms with Crippen LogP contribution in [0.25, 0.3) is 0 Å². The lowest BCUT2D eigenvalue weighted by Crippen LogP contribution is -2.34. The Morgan fingerprint density at radius 1 is 0.862 bits per heavy atom. The van der Waals surface area contributed by atoms with Crippen LogP contribution in [0.3, 0.4) is 0 Å². The van der Waals surface area contributed by atoms with E-state index in [4.69, 9.17) is 33.3 Å². The molecule has 0 atom stereocenters. The van der Waals surface area contributed by atoms with E-state index >= 15 is 0 Å². The van der Waals surface area contributed by atoms with Crippen LogP contribution in [0.15, 0.2) is 78.9 Å².